The van der Waals surface area contributed by atoms with Crippen LogP contribution in [0.4, 0.5) is 11.1 Å². The van der Waals surface area contributed by atoms with Crippen LogP contribution < -0.4 is 9.80 Å². The van der Waals surface area contributed by atoms with E-state index in [4.69, 9.17) is 4.98 Å². The maximum atomic E-state index is 4.91. The molecule has 2 aromatic rings. The van der Waals surface area contributed by atoms with Crippen LogP contribution in [0.15, 0.2) is 18.5 Å². The number of rotatable bonds is 3. The van der Waals surface area contributed by atoms with E-state index < -0.39 is 0 Å². The van der Waals surface area contributed by atoms with Gasteiger partial charge in [0.15, 0.2) is 5.13 Å². The average molecular weight is 356 g/mol. The molecule has 1 aliphatic carbocycles. The molecule has 0 amide bonds. The quantitative estimate of drug-likeness (QED) is 0.836. The van der Waals surface area contributed by atoms with Gasteiger partial charge >= 0.3 is 0 Å². The topological polar surface area (TPSA) is 48.4 Å². The maximum absolute atomic E-state index is 4.91. The molecule has 6 nitrogen and oxygen atoms in total. The maximum Gasteiger partial charge on any atom is 0.225 e. The molecule has 0 N–H and O–H groups in total. The first kappa shape index (κ1) is 15.5. The molecule has 132 valence electrons. The Morgan fingerprint density at radius 2 is 1.68 bits per heavy atom. The van der Waals surface area contributed by atoms with Gasteiger partial charge < -0.3 is 9.80 Å². The van der Waals surface area contributed by atoms with Gasteiger partial charge in [0.25, 0.3) is 0 Å². The second-order valence-corrected chi connectivity index (χ2v) is 8.27. The van der Waals surface area contributed by atoms with E-state index in [0.717, 1.165) is 45.2 Å². The van der Waals surface area contributed by atoms with E-state index in [1.807, 2.05) is 29.8 Å². The minimum Gasteiger partial charge on any atom is -0.345 e. The Morgan fingerprint density at radius 3 is 2.44 bits per heavy atom. The van der Waals surface area contributed by atoms with Gasteiger partial charge in [-0.2, -0.15) is 0 Å². The summed E-state index contributed by atoms with van der Waals surface area (Å²) in [6.07, 6.45) is 8.74. The first-order valence-corrected chi connectivity index (χ1v) is 10.2. The lowest BCUT2D eigenvalue weighted by Crippen LogP contribution is -2.63. The van der Waals surface area contributed by atoms with Crippen molar-refractivity contribution in [2.24, 2.45) is 0 Å². The normalized spacial score (nSPS) is 21.9. The molecule has 3 aliphatic rings. The van der Waals surface area contributed by atoms with Crippen LogP contribution in [0.5, 0.6) is 0 Å². The van der Waals surface area contributed by atoms with Crippen molar-refractivity contribution in [3.8, 4) is 0 Å². The number of aromatic nitrogens is 3. The van der Waals surface area contributed by atoms with Gasteiger partial charge in [-0.3, -0.25) is 4.90 Å². The Balaban J connectivity index is 1.15. The number of nitrogens with zero attached hydrogens (tertiary/aromatic N) is 6. The van der Waals surface area contributed by atoms with E-state index in [9.17, 15) is 0 Å². The summed E-state index contributed by atoms with van der Waals surface area (Å²) in [4.78, 5) is 22.6. The van der Waals surface area contributed by atoms with Crippen LogP contribution in [-0.2, 0) is 12.8 Å². The highest BCUT2D eigenvalue weighted by molar-refractivity contribution is 7.15. The summed E-state index contributed by atoms with van der Waals surface area (Å²) in [5.41, 5.74) is 1.38. The van der Waals surface area contributed by atoms with Crippen molar-refractivity contribution in [2.75, 3.05) is 49.1 Å². The minimum atomic E-state index is 0.680. The van der Waals surface area contributed by atoms with Crippen LogP contribution >= 0.6 is 11.3 Å². The summed E-state index contributed by atoms with van der Waals surface area (Å²) in [5.74, 6) is 0.866. The zero-order valence-corrected chi connectivity index (χ0v) is 15.3. The predicted octanol–water partition coefficient (Wildman–Crippen LogP) is 1.82. The highest BCUT2D eigenvalue weighted by Gasteiger charge is 2.35. The third kappa shape index (κ3) is 3.00. The van der Waals surface area contributed by atoms with E-state index >= 15 is 0 Å². The van der Waals surface area contributed by atoms with Gasteiger partial charge in [0.05, 0.1) is 5.69 Å². The van der Waals surface area contributed by atoms with E-state index in [2.05, 4.69) is 24.7 Å². The van der Waals surface area contributed by atoms with Gasteiger partial charge in [0.1, 0.15) is 0 Å². The van der Waals surface area contributed by atoms with E-state index in [0.29, 0.717) is 6.04 Å². The molecule has 0 spiro atoms. The zero-order chi connectivity index (χ0) is 16.6. The van der Waals surface area contributed by atoms with E-state index in [1.165, 1.54) is 36.5 Å². The first-order chi connectivity index (χ1) is 12.4. The fourth-order valence-electron chi connectivity index (χ4n) is 4.06. The summed E-state index contributed by atoms with van der Waals surface area (Å²) >= 11 is 1.94. The molecular weight excluding hydrogens is 332 g/mol. The summed E-state index contributed by atoms with van der Waals surface area (Å²) < 4.78 is 0. The predicted molar refractivity (Wildman–Crippen MR) is 101 cm³/mol. The number of anilines is 2. The number of aryl methyl sites for hydroxylation is 2. The number of fused-ring (bicyclic) bond motifs is 1. The van der Waals surface area contributed by atoms with Crippen LogP contribution in [0, 0.1) is 0 Å². The molecule has 2 aromatic heterocycles. The molecule has 2 saturated heterocycles. The largest absolute Gasteiger partial charge is 0.345 e. The Bertz CT molecular complexity index is 695. The van der Waals surface area contributed by atoms with Crippen molar-refractivity contribution in [3.63, 3.8) is 0 Å². The molecule has 5 rings (SSSR count). The van der Waals surface area contributed by atoms with Gasteiger partial charge in [-0.15, -0.1) is 11.3 Å². The standard InChI is InChI=1S/C18H24N6S/c1-2-5-16-15(4-1)21-18(25-16)24-12-14(13-24)22-8-10-23(11-9-22)17-19-6-3-7-20-17/h3,6-7,14H,1-2,4-5,8-13H2. The second kappa shape index (κ2) is 6.53. The van der Waals surface area contributed by atoms with Crippen molar-refractivity contribution in [1.82, 2.24) is 19.9 Å². The van der Waals surface area contributed by atoms with Crippen molar-refractivity contribution in [1.29, 1.82) is 0 Å². The number of hydrogen-bond donors (Lipinski definition) is 0. The molecule has 0 unspecified atom stereocenters. The van der Waals surface area contributed by atoms with Gasteiger partial charge in [-0.05, 0) is 31.7 Å². The highest BCUT2D eigenvalue weighted by Crippen LogP contribution is 2.34. The molecule has 7 heteroatoms. The third-order valence-electron chi connectivity index (χ3n) is 5.63. The van der Waals surface area contributed by atoms with Crippen LogP contribution in [-0.4, -0.2) is 65.2 Å². The molecule has 0 aromatic carbocycles. The minimum absolute atomic E-state index is 0.680. The Hall–Kier alpha value is -1.73. The van der Waals surface area contributed by atoms with Gasteiger partial charge in [0.2, 0.25) is 5.95 Å². The molecule has 0 saturated carbocycles. The molecule has 4 heterocycles. The third-order valence-corrected chi connectivity index (χ3v) is 6.85. The average Bonchev–Trinajstić information content (AvgIpc) is 3.05. The SMILES string of the molecule is c1cnc(N2CCN(C3CN(c4nc5c(s4)CCCC5)C3)CC2)nc1. The van der Waals surface area contributed by atoms with E-state index in [-0.39, 0.29) is 0 Å². The van der Waals surface area contributed by atoms with Crippen LogP contribution in [0.2, 0.25) is 0 Å². The highest BCUT2D eigenvalue weighted by atomic mass is 32.1. The van der Waals surface area contributed by atoms with Crippen molar-refractivity contribution >= 4 is 22.4 Å². The Kier molecular flexibility index (Phi) is 4.06. The lowest BCUT2D eigenvalue weighted by atomic mass is 10.0. The fraction of sp³-hybridized carbons (Fsp3) is 0.611. The summed E-state index contributed by atoms with van der Waals surface area (Å²) in [7, 11) is 0. The first-order valence-electron chi connectivity index (χ1n) is 9.36. The Labute approximate surface area is 152 Å². The lowest BCUT2D eigenvalue weighted by molar-refractivity contribution is 0.156. The van der Waals surface area contributed by atoms with Gasteiger partial charge in [0, 0.05) is 62.6 Å². The summed E-state index contributed by atoms with van der Waals surface area (Å²) in [6, 6.07) is 2.55. The van der Waals surface area contributed by atoms with Gasteiger partial charge in [-0.25, -0.2) is 15.0 Å². The number of piperazine rings is 1. The van der Waals surface area contributed by atoms with Gasteiger partial charge in [-0.1, -0.05) is 0 Å². The molecule has 0 bridgehead atoms. The molecule has 0 atom stereocenters. The molecule has 25 heavy (non-hydrogen) atoms. The summed E-state index contributed by atoms with van der Waals surface area (Å²) in [6.45, 7) is 6.51. The van der Waals surface area contributed by atoms with E-state index in [1.54, 1.807) is 4.88 Å². The molecule has 2 aliphatic heterocycles. The Morgan fingerprint density at radius 1 is 0.920 bits per heavy atom. The fourth-order valence-corrected chi connectivity index (χ4v) is 5.22. The molecule has 2 fully saturated rings. The van der Waals surface area contributed by atoms with Crippen LogP contribution in [0.25, 0.3) is 0 Å². The second-order valence-electron chi connectivity index (χ2n) is 7.20. The van der Waals surface area contributed by atoms with Crippen molar-refractivity contribution in [2.45, 2.75) is 31.7 Å². The zero-order valence-electron chi connectivity index (χ0n) is 14.5. The smallest absolute Gasteiger partial charge is 0.225 e. The van der Waals surface area contributed by atoms with Crippen molar-refractivity contribution < 1.29 is 0 Å². The summed E-state index contributed by atoms with van der Waals surface area (Å²) in [5, 5.41) is 1.26. The van der Waals surface area contributed by atoms with Crippen LogP contribution in [0.1, 0.15) is 23.4 Å². The van der Waals surface area contributed by atoms with Crippen molar-refractivity contribution in [3.05, 3.63) is 29.0 Å². The monoisotopic (exact) mass is 356 g/mol. The molecule has 0 radical (unpaired) electrons. The lowest BCUT2D eigenvalue weighted by Gasteiger charge is -2.48. The number of thiazole rings is 1. The molecular formula is C18H24N6S. The van der Waals surface area contributed by atoms with Crippen LogP contribution in [0.3, 0.4) is 0 Å². The number of hydrogen-bond acceptors (Lipinski definition) is 7.